The molecule has 0 nitrogen and oxygen atoms in total. The fourth-order valence-corrected chi connectivity index (χ4v) is 10.1. The minimum Gasteiger partial charge on any atom is -0.184 e. The van der Waals surface area contributed by atoms with E-state index < -0.39 is 37.0 Å². The summed E-state index contributed by atoms with van der Waals surface area (Å²) in [6.45, 7) is 19.5. The zero-order valence-electron chi connectivity index (χ0n) is 29.3. The van der Waals surface area contributed by atoms with Gasteiger partial charge in [-0.2, -0.15) is 29.5 Å². The Balaban J connectivity index is 0.000000231. The second-order valence-electron chi connectivity index (χ2n) is 14.8. The molecular weight excluding hydrogens is 751 g/mol. The van der Waals surface area contributed by atoms with E-state index in [1.165, 1.54) is 60.1 Å². The molecule has 48 heavy (non-hydrogen) atoms. The normalized spacial score (nSPS) is 12.0. The Bertz CT molecular complexity index is 1920. The van der Waals surface area contributed by atoms with Gasteiger partial charge in [-0.3, -0.25) is 0 Å². The summed E-state index contributed by atoms with van der Waals surface area (Å²) < 4.78 is 0. The second kappa shape index (κ2) is 15.8. The first-order valence-corrected chi connectivity index (χ1v) is 30.9. The third-order valence-corrected chi connectivity index (χ3v) is 14.3. The number of benzene rings is 5. The standard InChI is InChI=1S/C30H37Si2.C12H7Si.2ClH.Zr/c1-21(2)28-15-14-23-16-24(22-12-10-9-11-13-22)19-29(23)30(28)25-17-26(31(3,4)5)20-27(18-25)32(6,7)8;1-3-7-11-9(5-1)10-6-2-4-8-12(10)13-11;;;/h9-21H,1-8H3;1-7H;2*1H;/q2*-1;;;+4/p-2. The number of fused-ring (bicyclic) bond motifs is 4. The third-order valence-electron chi connectivity index (χ3n) is 8.94. The molecule has 1 heterocycles. The van der Waals surface area contributed by atoms with E-state index in [4.69, 9.17) is 17.0 Å². The summed E-state index contributed by atoms with van der Waals surface area (Å²) in [5, 5.41) is 8.71. The molecule has 6 aromatic rings. The minimum atomic E-state index is -1.45. The van der Waals surface area contributed by atoms with Crippen LogP contribution in [0.3, 0.4) is 0 Å². The Hall–Kier alpha value is -2.18. The van der Waals surface area contributed by atoms with Gasteiger partial charge < -0.3 is 0 Å². The molecule has 6 aromatic carbocycles. The van der Waals surface area contributed by atoms with Gasteiger partial charge >= 0.3 is 37.9 Å². The van der Waals surface area contributed by atoms with Crippen molar-refractivity contribution in [1.29, 1.82) is 0 Å². The van der Waals surface area contributed by atoms with Crippen LogP contribution in [0.4, 0.5) is 0 Å². The van der Waals surface area contributed by atoms with Gasteiger partial charge in [-0.25, -0.2) is 0 Å². The van der Waals surface area contributed by atoms with Gasteiger partial charge in [-0.15, -0.1) is 40.1 Å². The largest absolute Gasteiger partial charge is 0.184 e. The van der Waals surface area contributed by atoms with E-state index >= 15 is 0 Å². The number of hydrogen-bond acceptors (Lipinski definition) is 0. The third kappa shape index (κ3) is 8.57. The molecule has 2 radical (unpaired) electrons. The van der Waals surface area contributed by atoms with E-state index in [0.717, 1.165) is 9.52 Å². The van der Waals surface area contributed by atoms with E-state index in [1.54, 1.807) is 10.4 Å². The topological polar surface area (TPSA) is 0 Å². The molecule has 6 heteroatoms. The summed E-state index contributed by atoms with van der Waals surface area (Å²) in [6.07, 6.45) is 0. The Kier molecular flexibility index (Phi) is 12.2. The van der Waals surface area contributed by atoms with Crippen LogP contribution in [-0.2, 0) is 20.8 Å². The summed E-state index contributed by atoms with van der Waals surface area (Å²) in [6, 6.07) is 46.0. The Morgan fingerprint density at radius 2 is 1.29 bits per heavy atom. The molecule has 242 valence electrons. The fourth-order valence-electron chi connectivity index (χ4n) is 6.26. The molecule has 0 bridgehead atoms. The van der Waals surface area contributed by atoms with E-state index in [1.807, 2.05) is 6.07 Å². The van der Waals surface area contributed by atoms with Crippen molar-refractivity contribution in [2.45, 2.75) is 59.0 Å². The van der Waals surface area contributed by atoms with Crippen molar-refractivity contribution in [3.63, 3.8) is 0 Å². The zero-order chi connectivity index (χ0) is 34.6. The molecule has 0 fully saturated rings. The molecule has 0 unspecified atom stereocenters. The van der Waals surface area contributed by atoms with Crippen molar-refractivity contribution in [2.24, 2.45) is 0 Å². The predicted octanol–water partition coefficient (Wildman–Crippen LogP) is 10.6. The van der Waals surface area contributed by atoms with E-state index in [0.29, 0.717) is 5.92 Å². The molecule has 7 rings (SSSR count). The van der Waals surface area contributed by atoms with Crippen LogP contribution < -0.4 is 20.7 Å². The summed E-state index contributed by atoms with van der Waals surface area (Å²) in [5.41, 5.74) is 9.69. The second-order valence-corrected chi connectivity index (χ2v) is 30.0. The van der Waals surface area contributed by atoms with Crippen LogP contribution in [0.5, 0.6) is 0 Å². The maximum absolute atomic E-state index is 4.93. The van der Waals surface area contributed by atoms with Crippen LogP contribution in [0, 0.1) is 6.07 Å². The van der Waals surface area contributed by atoms with Gasteiger partial charge in [-0.05, 0) is 17.0 Å². The Labute approximate surface area is 311 Å². The quantitative estimate of drug-likeness (QED) is 0.120. The SMILES string of the molecule is CC(C)c1ccc2[cH-]c(-c3ccccc3)cc2c1-c1cc([Si](C)(C)C)cc([Si](C)(C)C)c1.[Cl][Zr+2][Cl].[c-]1cccc2c1[Si]c1ccccc1-2. The fraction of sp³-hybridized carbons (Fsp3) is 0.214. The first kappa shape index (κ1) is 37.1. The first-order valence-electron chi connectivity index (χ1n) is 16.6. The van der Waals surface area contributed by atoms with Gasteiger partial charge in [0.1, 0.15) is 0 Å². The van der Waals surface area contributed by atoms with Crippen LogP contribution in [0.15, 0.2) is 115 Å². The summed E-state index contributed by atoms with van der Waals surface area (Å²) in [5.74, 6) is 0.482. The van der Waals surface area contributed by atoms with E-state index in [2.05, 4.69) is 168 Å². The molecule has 0 aliphatic carbocycles. The molecule has 0 amide bonds. The monoisotopic (exact) mass is 792 g/mol. The molecule has 0 atom stereocenters. The number of halogens is 2. The molecule has 0 saturated carbocycles. The van der Waals surface area contributed by atoms with Gasteiger partial charge in [0.15, 0.2) is 0 Å². The smallest absolute Gasteiger partial charge is 0.0920 e. The van der Waals surface area contributed by atoms with Gasteiger partial charge in [0.2, 0.25) is 0 Å². The van der Waals surface area contributed by atoms with Crippen molar-refractivity contribution >= 4 is 74.2 Å². The van der Waals surface area contributed by atoms with Crippen molar-refractivity contribution in [1.82, 2.24) is 0 Å². The predicted molar refractivity (Wildman–Crippen MR) is 218 cm³/mol. The van der Waals surface area contributed by atoms with Crippen LogP contribution in [0.1, 0.15) is 25.3 Å². The minimum absolute atomic E-state index is 0.482. The van der Waals surface area contributed by atoms with Crippen molar-refractivity contribution < 1.29 is 20.8 Å². The van der Waals surface area contributed by atoms with Gasteiger partial charge in [0, 0.05) is 0 Å². The maximum atomic E-state index is 4.93. The molecular formula is C42H44Cl2Si3Zr. The number of rotatable bonds is 5. The Morgan fingerprint density at radius 1 is 0.688 bits per heavy atom. The maximum Gasteiger partial charge on any atom is 0.0920 e. The van der Waals surface area contributed by atoms with Gasteiger partial charge in [-0.1, -0.05) is 164 Å². The van der Waals surface area contributed by atoms with Crippen molar-refractivity contribution in [2.75, 3.05) is 0 Å². The Morgan fingerprint density at radius 3 is 1.92 bits per heavy atom. The van der Waals surface area contributed by atoms with Crippen molar-refractivity contribution in [3.8, 4) is 33.4 Å². The molecule has 0 spiro atoms. The van der Waals surface area contributed by atoms with E-state index in [9.17, 15) is 0 Å². The van der Waals surface area contributed by atoms with Crippen molar-refractivity contribution in [3.05, 3.63) is 127 Å². The van der Waals surface area contributed by atoms with Crippen LogP contribution in [0.25, 0.3) is 44.2 Å². The number of hydrogen-bond donors (Lipinski definition) is 0. The van der Waals surface area contributed by atoms with Gasteiger partial charge in [0.25, 0.3) is 0 Å². The molecule has 1 aliphatic heterocycles. The van der Waals surface area contributed by atoms with Crippen LogP contribution in [0.2, 0.25) is 39.3 Å². The van der Waals surface area contributed by atoms with Crippen LogP contribution in [-0.4, -0.2) is 25.7 Å². The zero-order valence-corrected chi connectivity index (χ0v) is 36.3. The summed E-state index contributed by atoms with van der Waals surface area (Å²) >= 11 is -0.826. The first-order chi connectivity index (χ1) is 22.8. The molecule has 0 aromatic heterocycles. The molecule has 1 aliphatic rings. The average Bonchev–Trinajstić information content (AvgIpc) is 3.66. The van der Waals surface area contributed by atoms with E-state index in [-0.39, 0.29) is 0 Å². The molecule has 0 saturated heterocycles. The van der Waals surface area contributed by atoms with Crippen LogP contribution >= 0.6 is 17.0 Å². The summed E-state index contributed by atoms with van der Waals surface area (Å²) in [7, 11) is 7.77. The van der Waals surface area contributed by atoms with Gasteiger partial charge in [0.05, 0.1) is 25.7 Å². The molecule has 0 N–H and O–H groups in total. The summed E-state index contributed by atoms with van der Waals surface area (Å²) in [4.78, 5) is 0. The average molecular weight is 795 g/mol.